The Bertz CT molecular complexity index is 497. The number of aliphatic hydroxyl groups is 1. The molecule has 0 aliphatic heterocycles. The van der Waals surface area contributed by atoms with Crippen molar-refractivity contribution in [3.63, 3.8) is 0 Å². The summed E-state index contributed by atoms with van der Waals surface area (Å²) in [6.07, 6.45) is 0.754. The van der Waals surface area contributed by atoms with Crippen molar-refractivity contribution >= 4 is 5.91 Å². The van der Waals surface area contributed by atoms with Gasteiger partial charge in [-0.3, -0.25) is 9.69 Å². The van der Waals surface area contributed by atoms with E-state index in [0.29, 0.717) is 0 Å². The van der Waals surface area contributed by atoms with Crippen LogP contribution in [0, 0.1) is 11.2 Å². The second-order valence-electron chi connectivity index (χ2n) is 7.38. The van der Waals surface area contributed by atoms with E-state index in [-0.39, 0.29) is 42.4 Å². The standard InChI is InChI=1S/C18H29FN2O2/c1-13(12-22)21(5)11-17(23)20-16(10-18(2,3)4)14-6-8-15(19)9-7-14/h6-9,13,16,22H,10-12H2,1-5H3,(H,20,23). The highest BCUT2D eigenvalue weighted by Crippen LogP contribution is 2.29. The van der Waals surface area contributed by atoms with Gasteiger partial charge in [-0.2, -0.15) is 0 Å². The number of benzene rings is 1. The van der Waals surface area contributed by atoms with Crippen LogP contribution in [0.4, 0.5) is 4.39 Å². The molecular weight excluding hydrogens is 295 g/mol. The molecule has 2 N–H and O–H groups in total. The van der Waals surface area contributed by atoms with Gasteiger partial charge in [-0.25, -0.2) is 4.39 Å². The van der Waals surface area contributed by atoms with Crippen LogP contribution >= 0.6 is 0 Å². The van der Waals surface area contributed by atoms with Crippen LogP contribution in [-0.4, -0.2) is 42.2 Å². The number of hydrogen-bond acceptors (Lipinski definition) is 3. The van der Waals surface area contributed by atoms with Crippen molar-refractivity contribution in [3.05, 3.63) is 35.6 Å². The third kappa shape index (κ3) is 7.10. The Morgan fingerprint density at radius 3 is 2.35 bits per heavy atom. The van der Waals surface area contributed by atoms with Gasteiger partial charge in [0.05, 0.1) is 19.2 Å². The SMILES string of the molecule is CC(CO)N(C)CC(=O)NC(CC(C)(C)C)c1ccc(F)cc1. The van der Waals surface area contributed by atoms with Crippen LogP contribution in [0.5, 0.6) is 0 Å². The van der Waals surface area contributed by atoms with E-state index >= 15 is 0 Å². The summed E-state index contributed by atoms with van der Waals surface area (Å²) in [6, 6.07) is 6.01. The average Bonchev–Trinajstić information content (AvgIpc) is 2.44. The van der Waals surface area contributed by atoms with Gasteiger partial charge in [-0.15, -0.1) is 0 Å². The molecule has 0 saturated carbocycles. The third-order valence-corrected chi connectivity index (χ3v) is 3.83. The molecule has 0 saturated heterocycles. The van der Waals surface area contributed by atoms with Crippen molar-refractivity contribution < 1.29 is 14.3 Å². The summed E-state index contributed by atoms with van der Waals surface area (Å²) in [6.45, 7) is 8.40. The first-order valence-electron chi connectivity index (χ1n) is 7.98. The second-order valence-corrected chi connectivity index (χ2v) is 7.38. The van der Waals surface area contributed by atoms with Gasteiger partial charge in [0.15, 0.2) is 0 Å². The van der Waals surface area contributed by atoms with Gasteiger partial charge in [-0.05, 0) is 43.5 Å². The van der Waals surface area contributed by atoms with Gasteiger partial charge < -0.3 is 10.4 Å². The minimum atomic E-state index is -0.286. The molecule has 0 fully saturated rings. The lowest BCUT2D eigenvalue weighted by molar-refractivity contribution is -0.123. The Morgan fingerprint density at radius 1 is 1.30 bits per heavy atom. The predicted molar refractivity (Wildman–Crippen MR) is 90.5 cm³/mol. The number of halogens is 1. The van der Waals surface area contributed by atoms with E-state index in [9.17, 15) is 9.18 Å². The molecule has 0 aliphatic carbocycles. The van der Waals surface area contributed by atoms with Gasteiger partial charge in [0, 0.05) is 6.04 Å². The zero-order valence-corrected chi connectivity index (χ0v) is 14.8. The Hall–Kier alpha value is -1.46. The molecule has 2 atom stereocenters. The van der Waals surface area contributed by atoms with Gasteiger partial charge in [0.2, 0.25) is 5.91 Å². The van der Waals surface area contributed by atoms with E-state index in [0.717, 1.165) is 12.0 Å². The van der Waals surface area contributed by atoms with Crippen molar-refractivity contribution in [3.8, 4) is 0 Å². The highest BCUT2D eigenvalue weighted by molar-refractivity contribution is 5.78. The van der Waals surface area contributed by atoms with Crippen LogP contribution in [0.1, 0.15) is 45.7 Å². The zero-order chi connectivity index (χ0) is 17.6. The molecule has 0 aliphatic rings. The molecule has 1 rings (SSSR count). The summed E-state index contributed by atoms with van der Waals surface area (Å²) in [5.74, 6) is -0.391. The maximum Gasteiger partial charge on any atom is 0.234 e. The third-order valence-electron chi connectivity index (χ3n) is 3.83. The van der Waals surface area contributed by atoms with Crippen molar-refractivity contribution in [1.82, 2.24) is 10.2 Å². The van der Waals surface area contributed by atoms with E-state index < -0.39 is 0 Å². The molecule has 1 aromatic rings. The van der Waals surface area contributed by atoms with Crippen molar-refractivity contribution in [2.24, 2.45) is 5.41 Å². The summed E-state index contributed by atoms with van der Waals surface area (Å²) in [5.41, 5.74) is 0.920. The van der Waals surface area contributed by atoms with E-state index in [2.05, 4.69) is 26.1 Å². The van der Waals surface area contributed by atoms with Crippen molar-refractivity contribution in [2.45, 2.75) is 46.2 Å². The number of hydrogen-bond donors (Lipinski definition) is 2. The summed E-state index contributed by atoms with van der Waals surface area (Å²) in [5, 5.41) is 12.2. The monoisotopic (exact) mass is 324 g/mol. The van der Waals surface area contributed by atoms with E-state index in [1.807, 2.05) is 6.92 Å². The Morgan fingerprint density at radius 2 is 1.87 bits per heavy atom. The fourth-order valence-corrected chi connectivity index (χ4v) is 2.32. The maximum atomic E-state index is 13.1. The maximum absolute atomic E-state index is 13.1. The number of carbonyl (C=O) groups excluding carboxylic acids is 1. The molecule has 5 heteroatoms. The topological polar surface area (TPSA) is 52.6 Å². The first kappa shape index (κ1) is 19.6. The van der Waals surface area contributed by atoms with E-state index in [1.54, 1.807) is 24.1 Å². The summed E-state index contributed by atoms with van der Waals surface area (Å²) in [7, 11) is 1.80. The number of nitrogens with zero attached hydrogens (tertiary/aromatic N) is 1. The molecule has 0 aromatic heterocycles. The molecular formula is C18H29FN2O2. The van der Waals surface area contributed by atoms with Gasteiger partial charge >= 0.3 is 0 Å². The fourth-order valence-electron chi connectivity index (χ4n) is 2.32. The van der Waals surface area contributed by atoms with Crippen LogP contribution in [0.25, 0.3) is 0 Å². The first-order chi connectivity index (χ1) is 10.6. The highest BCUT2D eigenvalue weighted by Gasteiger charge is 2.23. The molecule has 2 unspecified atom stereocenters. The van der Waals surface area contributed by atoms with Gasteiger partial charge in [0.25, 0.3) is 0 Å². The van der Waals surface area contributed by atoms with Crippen LogP contribution in [-0.2, 0) is 4.79 Å². The smallest absolute Gasteiger partial charge is 0.234 e. The number of likely N-dealkylation sites (N-methyl/N-ethyl adjacent to an activating group) is 1. The molecule has 23 heavy (non-hydrogen) atoms. The number of carbonyl (C=O) groups is 1. The van der Waals surface area contributed by atoms with Crippen LogP contribution < -0.4 is 5.32 Å². The summed E-state index contributed by atoms with van der Waals surface area (Å²) in [4.78, 5) is 14.1. The molecule has 130 valence electrons. The largest absolute Gasteiger partial charge is 0.395 e. The lowest BCUT2D eigenvalue weighted by Crippen LogP contribution is -2.42. The van der Waals surface area contributed by atoms with Crippen molar-refractivity contribution in [1.29, 1.82) is 0 Å². The number of amides is 1. The predicted octanol–water partition coefficient (Wildman–Crippen LogP) is 2.73. The van der Waals surface area contributed by atoms with E-state index in [4.69, 9.17) is 5.11 Å². The quantitative estimate of drug-likeness (QED) is 0.811. The summed E-state index contributed by atoms with van der Waals surface area (Å²) >= 11 is 0. The number of rotatable bonds is 7. The van der Waals surface area contributed by atoms with Crippen LogP contribution in [0.3, 0.4) is 0 Å². The Kier molecular flexibility index (Phi) is 7.16. The zero-order valence-electron chi connectivity index (χ0n) is 14.8. The minimum absolute atomic E-state index is 0.00710. The number of nitrogens with one attached hydrogen (secondary N) is 1. The molecule has 1 aromatic carbocycles. The van der Waals surface area contributed by atoms with Crippen molar-refractivity contribution in [2.75, 3.05) is 20.2 Å². The minimum Gasteiger partial charge on any atom is -0.395 e. The highest BCUT2D eigenvalue weighted by atomic mass is 19.1. The van der Waals surface area contributed by atoms with Crippen LogP contribution in [0.2, 0.25) is 0 Å². The first-order valence-corrected chi connectivity index (χ1v) is 7.98. The van der Waals surface area contributed by atoms with E-state index in [1.165, 1.54) is 12.1 Å². The molecule has 0 bridgehead atoms. The second kappa shape index (κ2) is 8.41. The summed E-state index contributed by atoms with van der Waals surface area (Å²) < 4.78 is 13.1. The molecule has 0 radical (unpaired) electrons. The van der Waals surface area contributed by atoms with Gasteiger partial charge in [-0.1, -0.05) is 32.9 Å². The van der Waals surface area contributed by atoms with Gasteiger partial charge in [0.1, 0.15) is 5.82 Å². The Labute approximate surface area is 138 Å². The lowest BCUT2D eigenvalue weighted by atomic mass is 9.85. The lowest BCUT2D eigenvalue weighted by Gasteiger charge is -2.29. The normalized spacial score (nSPS) is 14.6. The average molecular weight is 324 g/mol. The molecule has 0 heterocycles. The molecule has 4 nitrogen and oxygen atoms in total. The number of aliphatic hydroxyl groups excluding tert-OH is 1. The molecule has 0 spiro atoms. The Balaban J connectivity index is 2.81. The van der Waals surface area contributed by atoms with Crippen LogP contribution in [0.15, 0.2) is 24.3 Å². The fraction of sp³-hybridized carbons (Fsp3) is 0.611. The molecule has 1 amide bonds.